The van der Waals surface area contributed by atoms with Crippen molar-refractivity contribution in [1.82, 2.24) is 0 Å². The third kappa shape index (κ3) is 3.75. The van der Waals surface area contributed by atoms with E-state index in [1.807, 2.05) is 48.5 Å². The summed E-state index contributed by atoms with van der Waals surface area (Å²) in [5.41, 5.74) is 2.06. The van der Waals surface area contributed by atoms with Crippen molar-refractivity contribution in [2.24, 2.45) is 5.41 Å². The quantitative estimate of drug-likeness (QED) is 0.554. The molecule has 3 saturated heterocycles. The zero-order valence-corrected chi connectivity index (χ0v) is 19.3. The fourth-order valence-corrected chi connectivity index (χ4v) is 5.96. The molecule has 3 aliphatic heterocycles. The summed E-state index contributed by atoms with van der Waals surface area (Å²) in [4.78, 5) is 0. The summed E-state index contributed by atoms with van der Waals surface area (Å²) >= 11 is 0. The molecule has 2 nitrogen and oxygen atoms in total. The zero-order chi connectivity index (χ0) is 20.7. The summed E-state index contributed by atoms with van der Waals surface area (Å²) in [7, 11) is 0. The number of hydrogen-bond donors (Lipinski definition) is 1. The molecule has 3 heterocycles. The topological polar surface area (TPSA) is 20.2 Å². The molecule has 0 atom stereocenters. The van der Waals surface area contributed by atoms with Crippen LogP contribution in [0.1, 0.15) is 36.0 Å². The number of nitrogens with zero attached hydrogens (tertiary/aromatic N) is 1. The number of benzene rings is 3. The minimum atomic E-state index is -0.984. The molecule has 3 aliphatic rings. The highest BCUT2D eigenvalue weighted by Crippen LogP contribution is 2.57. The molecule has 0 amide bonds. The maximum absolute atomic E-state index is 13.3. The summed E-state index contributed by atoms with van der Waals surface area (Å²) in [5.74, 6) is -0.175. The summed E-state index contributed by atoms with van der Waals surface area (Å²) in [6, 6.07) is 27.4. The second-order valence-electron chi connectivity index (χ2n) is 9.27. The number of piperidine rings is 3. The fraction of sp³-hybridized carbons (Fsp3) is 0.333. The van der Waals surface area contributed by atoms with Gasteiger partial charge in [-0.25, -0.2) is 4.39 Å². The molecule has 0 unspecified atom stereocenters. The van der Waals surface area contributed by atoms with Crippen LogP contribution < -0.4 is 17.0 Å². The van der Waals surface area contributed by atoms with E-state index in [0.717, 1.165) is 61.1 Å². The lowest BCUT2D eigenvalue weighted by atomic mass is 9.56. The molecule has 0 saturated carbocycles. The first-order valence-corrected chi connectivity index (χ1v) is 11.0. The van der Waals surface area contributed by atoms with Crippen molar-refractivity contribution in [2.75, 3.05) is 19.6 Å². The van der Waals surface area contributed by atoms with Gasteiger partial charge in [0.25, 0.3) is 0 Å². The van der Waals surface area contributed by atoms with Crippen LogP contribution >= 0.6 is 0 Å². The highest BCUT2D eigenvalue weighted by atomic mass is 79.9. The molecule has 4 heteroatoms. The van der Waals surface area contributed by atoms with Crippen LogP contribution in [0.25, 0.3) is 0 Å². The molecule has 0 radical (unpaired) electrons. The zero-order valence-electron chi connectivity index (χ0n) is 17.7. The average Bonchev–Trinajstić information content (AvgIpc) is 2.82. The van der Waals surface area contributed by atoms with E-state index in [-0.39, 0.29) is 28.2 Å². The fourth-order valence-electron chi connectivity index (χ4n) is 5.96. The predicted octanol–water partition coefficient (Wildman–Crippen LogP) is 2.27. The highest BCUT2D eigenvalue weighted by molar-refractivity contribution is 5.39. The van der Waals surface area contributed by atoms with Crippen LogP contribution in [0.2, 0.25) is 0 Å². The van der Waals surface area contributed by atoms with Crippen LogP contribution in [0.5, 0.6) is 0 Å². The van der Waals surface area contributed by atoms with Gasteiger partial charge in [0.15, 0.2) is 0 Å². The Labute approximate surface area is 194 Å². The first kappa shape index (κ1) is 22.2. The van der Waals surface area contributed by atoms with Crippen molar-refractivity contribution in [2.45, 2.75) is 31.4 Å². The first-order chi connectivity index (χ1) is 14.6. The smallest absolute Gasteiger partial charge is 0.123 e. The minimum Gasteiger partial charge on any atom is -1.00 e. The minimum absolute atomic E-state index is 0. The Kier molecular flexibility index (Phi) is 6.08. The SMILES string of the molecule is OC(c1ccccc1)(c1ccccc1)C12CC[N+](Cc3ccc(F)cc3)(CC1)CC2.[Br-]. The van der Waals surface area contributed by atoms with E-state index >= 15 is 0 Å². The monoisotopic (exact) mass is 481 g/mol. The van der Waals surface area contributed by atoms with Gasteiger partial charge in [0.1, 0.15) is 18.0 Å². The largest absolute Gasteiger partial charge is 1.00 e. The number of hydrogen-bond acceptors (Lipinski definition) is 1. The Balaban J connectivity index is 0.00000231. The van der Waals surface area contributed by atoms with Gasteiger partial charge in [0, 0.05) is 30.2 Å². The van der Waals surface area contributed by atoms with Gasteiger partial charge in [-0.05, 0) is 23.3 Å². The van der Waals surface area contributed by atoms with Gasteiger partial charge in [-0.15, -0.1) is 0 Å². The van der Waals surface area contributed by atoms with Gasteiger partial charge in [-0.2, -0.15) is 0 Å². The van der Waals surface area contributed by atoms with E-state index < -0.39 is 5.60 Å². The molecule has 162 valence electrons. The van der Waals surface area contributed by atoms with E-state index in [1.54, 1.807) is 12.1 Å². The Morgan fingerprint density at radius 3 is 1.65 bits per heavy atom. The van der Waals surface area contributed by atoms with Crippen LogP contribution in [0, 0.1) is 11.2 Å². The van der Waals surface area contributed by atoms with Crippen molar-refractivity contribution in [3.8, 4) is 0 Å². The number of rotatable bonds is 5. The number of aliphatic hydroxyl groups is 1. The third-order valence-electron chi connectivity index (χ3n) is 7.78. The predicted molar refractivity (Wildman–Crippen MR) is 117 cm³/mol. The van der Waals surface area contributed by atoms with Crippen LogP contribution in [0.15, 0.2) is 84.9 Å². The first-order valence-electron chi connectivity index (χ1n) is 11.0. The average molecular weight is 482 g/mol. The Morgan fingerprint density at radius 1 is 0.742 bits per heavy atom. The van der Waals surface area contributed by atoms with Gasteiger partial charge in [0.2, 0.25) is 0 Å². The number of quaternary nitrogens is 1. The maximum atomic E-state index is 13.3. The Bertz CT molecular complexity index is 942. The third-order valence-corrected chi connectivity index (χ3v) is 7.78. The normalized spacial score (nSPS) is 25.1. The molecule has 0 aliphatic carbocycles. The standard InChI is InChI=1S/C27H29FNO.BrH/c28-25-13-11-22(12-14-25)21-29-18-15-26(16-19-29,17-20-29)27(30,23-7-3-1-4-8-23)24-9-5-2-6-10-24;/h1-14,30H,15-21H2;1H/q+1;/p-1. The van der Waals surface area contributed by atoms with Gasteiger partial charge in [-0.1, -0.05) is 72.8 Å². The number of fused-ring (bicyclic) bond motifs is 3. The molecule has 3 fully saturated rings. The van der Waals surface area contributed by atoms with Crippen LogP contribution in [-0.4, -0.2) is 29.2 Å². The lowest BCUT2D eigenvalue weighted by Crippen LogP contribution is -3.00. The van der Waals surface area contributed by atoms with E-state index in [2.05, 4.69) is 24.3 Å². The molecule has 0 spiro atoms. The molecule has 3 aromatic rings. The van der Waals surface area contributed by atoms with Crippen LogP contribution in [0.4, 0.5) is 4.39 Å². The van der Waals surface area contributed by atoms with E-state index in [9.17, 15) is 9.50 Å². The van der Waals surface area contributed by atoms with Crippen molar-refractivity contribution in [1.29, 1.82) is 0 Å². The van der Waals surface area contributed by atoms with E-state index in [1.165, 1.54) is 5.56 Å². The summed E-state index contributed by atoms with van der Waals surface area (Å²) in [5, 5.41) is 12.4. The second kappa shape index (κ2) is 8.50. The van der Waals surface area contributed by atoms with Crippen LogP contribution in [0.3, 0.4) is 0 Å². The lowest BCUT2D eigenvalue weighted by Gasteiger charge is -2.60. The Hall–Kier alpha value is -2.01. The van der Waals surface area contributed by atoms with Gasteiger partial charge in [-0.3, -0.25) is 0 Å². The molecule has 0 aromatic heterocycles. The van der Waals surface area contributed by atoms with Crippen LogP contribution in [-0.2, 0) is 12.1 Å². The number of halogens is 2. The van der Waals surface area contributed by atoms with Crippen molar-refractivity contribution >= 4 is 0 Å². The summed E-state index contributed by atoms with van der Waals surface area (Å²) in [6.45, 7) is 4.11. The molecule has 3 aromatic carbocycles. The maximum Gasteiger partial charge on any atom is 0.123 e. The molecule has 31 heavy (non-hydrogen) atoms. The summed E-state index contributed by atoms with van der Waals surface area (Å²) < 4.78 is 14.4. The highest BCUT2D eigenvalue weighted by Gasteiger charge is 2.60. The van der Waals surface area contributed by atoms with Gasteiger partial charge >= 0.3 is 0 Å². The van der Waals surface area contributed by atoms with Crippen molar-refractivity contribution in [3.05, 3.63) is 107 Å². The lowest BCUT2D eigenvalue weighted by molar-refractivity contribution is -0.958. The molecular formula is C27H29BrFNO. The second-order valence-corrected chi connectivity index (χ2v) is 9.27. The van der Waals surface area contributed by atoms with E-state index in [0.29, 0.717) is 0 Å². The van der Waals surface area contributed by atoms with Gasteiger partial charge in [0.05, 0.1) is 19.6 Å². The van der Waals surface area contributed by atoms with Crippen molar-refractivity contribution < 1.29 is 31.0 Å². The van der Waals surface area contributed by atoms with Crippen molar-refractivity contribution in [3.63, 3.8) is 0 Å². The van der Waals surface area contributed by atoms with Gasteiger partial charge < -0.3 is 26.6 Å². The molecule has 6 rings (SSSR count). The Morgan fingerprint density at radius 2 is 1.19 bits per heavy atom. The van der Waals surface area contributed by atoms with E-state index in [4.69, 9.17) is 0 Å². The molecule has 2 bridgehead atoms. The molecular weight excluding hydrogens is 453 g/mol. The summed E-state index contributed by atoms with van der Waals surface area (Å²) in [6.07, 6.45) is 2.98. The molecule has 1 N–H and O–H groups in total.